The second-order valence-electron chi connectivity index (χ2n) is 6.30. The molecule has 3 aromatic rings. The minimum atomic E-state index is -0.824. The minimum Gasteiger partial charge on any atom is -0.481 e. The molecule has 0 saturated heterocycles. The number of aliphatic carboxylic acids is 1. The van der Waals surface area contributed by atoms with Crippen LogP contribution in [0.4, 0.5) is 0 Å². The highest BCUT2D eigenvalue weighted by Crippen LogP contribution is 2.26. The number of carboxylic acid groups (broad SMARTS) is 1. The van der Waals surface area contributed by atoms with Gasteiger partial charge >= 0.3 is 5.97 Å². The predicted molar refractivity (Wildman–Crippen MR) is 101 cm³/mol. The van der Waals surface area contributed by atoms with Gasteiger partial charge in [-0.2, -0.15) is 5.10 Å². The van der Waals surface area contributed by atoms with Gasteiger partial charge in [0.2, 0.25) is 0 Å². The lowest BCUT2D eigenvalue weighted by molar-refractivity contribution is -0.141. The van der Waals surface area contributed by atoms with Crippen molar-refractivity contribution in [3.63, 3.8) is 0 Å². The van der Waals surface area contributed by atoms with E-state index in [0.717, 1.165) is 27.7 Å². The van der Waals surface area contributed by atoms with Gasteiger partial charge in [0.15, 0.2) is 0 Å². The van der Waals surface area contributed by atoms with Gasteiger partial charge in [-0.25, -0.2) is 0 Å². The van der Waals surface area contributed by atoms with E-state index in [9.17, 15) is 9.90 Å². The zero-order valence-corrected chi connectivity index (χ0v) is 15.5. The van der Waals surface area contributed by atoms with Crippen molar-refractivity contribution < 1.29 is 9.90 Å². The van der Waals surface area contributed by atoms with Crippen molar-refractivity contribution in [3.05, 3.63) is 63.3 Å². The van der Waals surface area contributed by atoms with Crippen molar-refractivity contribution in [2.45, 2.75) is 26.8 Å². The van der Waals surface area contributed by atoms with Crippen molar-refractivity contribution in [1.29, 1.82) is 0 Å². The van der Waals surface area contributed by atoms with Crippen LogP contribution < -0.4 is 0 Å². The molecule has 0 saturated carbocycles. The van der Waals surface area contributed by atoms with Gasteiger partial charge in [0.05, 0.1) is 23.7 Å². The molecular formula is C19H18Cl2N2O2. The smallest absolute Gasteiger partial charge is 0.306 e. The first-order chi connectivity index (χ1) is 11.8. The Morgan fingerprint density at radius 2 is 2.00 bits per heavy atom. The molecule has 3 rings (SSSR count). The van der Waals surface area contributed by atoms with Gasteiger partial charge in [-0.15, -0.1) is 0 Å². The van der Waals surface area contributed by atoms with E-state index in [1.807, 2.05) is 29.8 Å². The second kappa shape index (κ2) is 7.06. The molecule has 0 spiro atoms. The largest absolute Gasteiger partial charge is 0.481 e. The summed E-state index contributed by atoms with van der Waals surface area (Å²) < 4.78 is 1.88. The molecule has 6 heteroatoms. The first-order valence-corrected chi connectivity index (χ1v) is 8.73. The first-order valence-electron chi connectivity index (χ1n) is 7.98. The summed E-state index contributed by atoms with van der Waals surface area (Å²) in [5, 5.41) is 16.0. The maximum Gasteiger partial charge on any atom is 0.306 e. The van der Waals surface area contributed by atoms with Gasteiger partial charge < -0.3 is 5.11 Å². The van der Waals surface area contributed by atoms with Crippen LogP contribution in [0.1, 0.15) is 23.7 Å². The van der Waals surface area contributed by atoms with Gasteiger partial charge in [-0.05, 0) is 36.2 Å². The maximum atomic E-state index is 11.2. The summed E-state index contributed by atoms with van der Waals surface area (Å²) in [5.41, 5.74) is 3.79. The van der Waals surface area contributed by atoms with Crippen LogP contribution in [0.25, 0.3) is 10.9 Å². The van der Waals surface area contributed by atoms with E-state index in [0.29, 0.717) is 23.0 Å². The number of aromatic nitrogens is 2. The Hall–Kier alpha value is -2.04. The molecule has 4 nitrogen and oxygen atoms in total. The van der Waals surface area contributed by atoms with Gasteiger partial charge in [0.1, 0.15) is 0 Å². The highest BCUT2D eigenvalue weighted by atomic mass is 35.5. The summed E-state index contributed by atoms with van der Waals surface area (Å²) in [5.74, 6) is -1.32. The highest BCUT2D eigenvalue weighted by Gasteiger charge is 2.18. The fourth-order valence-corrected chi connectivity index (χ4v) is 3.28. The van der Waals surface area contributed by atoms with E-state index < -0.39 is 11.9 Å². The molecule has 1 aromatic heterocycles. The molecule has 0 aliphatic heterocycles. The van der Waals surface area contributed by atoms with Crippen LogP contribution in [0.15, 0.2) is 36.4 Å². The molecule has 130 valence electrons. The molecule has 1 atom stereocenters. The van der Waals surface area contributed by atoms with Crippen LogP contribution in [0.5, 0.6) is 0 Å². The molecule has 1 unspecified atom stereocenters. The lowest BCUT2D eigenvalue weighted by Crippen LogP contribution is -2.13. The van der Waals surface area contributed by atoms with Gasteiger partial charge in [0.25, 0.3) is 0 Å². The lowest BCUT2D eigenvalue weighted by Gasteiger charge is -2.07. The molecular weight excluding hydrogens is 359 g/mol. The van der Waals surface area contributed by atoms with Crippen LogP contribution in [-0.4, -0.2) is 20.9 Å². The summed E-state index contributed by atoms with van der Waals surface area (Å²) in [6.45, 7) is 4.21. The SMILES string of the molecule is Cc1ccc2c(CC(C)C(=O)O)nn(Cc3ccc(Cl)cc3Cl)c2c1. The van der Waals surface area contributed by atoms with E-state index in [2.05, 4.69) is 11.2 Å². The van der Waals surface area contributed by atoms with Crippen LogP contribution in [0.2, 0.25) is 10.0 Å². The summed E-state index contributed by atoms with van der Waals surface area (Å²) in [4.78, 5) is 11.2. The van der Waals surface area contributed by atoms with Gasteiger partial charge in [0, 0.05) is 21.9 Å². The fourth-order valence-electron chi connectivity index (χ4n) is 2.81. The number of hydrogen-bond donors (Lipinski definition) is 1. The van der Waals surface area contributed by atoms with E-state index in [1.165, 1.54) is 0 Å². The van der Waals surface area contributed by atoms with E-state index >= 15 is 0 Å². The zero-order valence-electron chi connectivity index (χ0n) is 14.0. The molecule has 25 heavy (non-hydrogen) atoms. The zero-order chi connectivity index (χ0) is 18.1. The van der Waals surface area contributed by atoms with Crippen LogP contribution in [0, 0.1) is 12.8 Å². The molecule has 2 aromatic carbocycles. The summed E-state index contributed by atoms with van der Waals surface area (Å²) >= 11 is 12.3. The molecule has 0 radical (unpaired) electrons. The second-order valence-corrected chi connectivity index (χ2v) is 7.15. The quantitative estimate of drug-likeness (QED) is 0.684. The number of aryl methyl sites for hydroxylation is 1. The molecule has 0 bridgehead atoms. The third-order valence-corrected chi connectivity index (χ3v) is 4.83. The Balaban J connectivity index is 2.05. The first kappa shape index (κ1) is 17.8. The standard InChI is InChI=1S/C19H18Cl2N2O2/c1-11-3-6-15-17(8-12(2)19(24)25)22-23(18(15)7-11)10-13-4-5-14(20)9-16(13)21/h3-7,9,12H,8,10H2,1-2H3,(H,24,25). The number of carboxylic acids is 1. The minimum absolute atomic E-state index is 0.385. The monoisotopic (exact) mass is 376 g/mol. The number of rotatable bonds is 5. The van der Waals surface area contributed by atoms with Gasteiger partial charge in [-0.1, -0.05) is 48.3 Å². The maximum absolute atomic E-state index is 11.2. The average molecular weight is 377 g/mol. The lowest BCUT2D eigenvalue weighted by atomic mass is 10.0. The Labute approximate surface area is 156 Å². The number of hydrogen-bond acceptors (Lipinski definition) is 2. The molecule has 1 N–H and O–H groups in total. The van der Waals surface area contributed by atoms with Crippen molar-refractivity contribution in [2.24, 2.45) is 5.92 Å². The number of carbonyl (C=O) groups is 1. The number of nitrogens with zero attached hydrogens (tertiary/aromatic N) is 2. The third-order valence-electron chi connectivity index (χ3n) is 4.24. The predicted octanol–water partition coefficient (Wildman–Crippen LogP) is 4.96. The van der Waals surface area contributed by atoms with Gasteiger partial charge in [-0.3, -0.25) is 9.48 Å². The highest BCUT2D eigenvalue weighted by molar-refractivity contribution is 6.35. The number of halogens is 2. The normalized spacial score (nSPS) is 12.5. The third kappa shape index (κ3) is 3.80. The van der Waals surface area contributed by atoms with Crippen molar-refractivity contribution >= 4 is 40.1 Å². The molecule has 0 amide bonds. The Morgan fingerprint density at radius 3 is 2.68 bits per heavy atom. The van der Waals surface area contributed by atoms with E-state index in [-0.39, 0.29) is 0 Å². The molecule has 0 aliphatic rings. The van der Waals surface area contributed by atoms with E-state index in [1.54, 1.807) is 19.1 Å². The summed E-state index contributed by atoms with van der Waals surface area (Å²) in [7, 11) is 0. The summed E-state index contributed by atoms with van der Waals surface area (Å²) in [6, 6.07) is 11.5. The molecule has 0 fully saturated rings. The molecule has 0 aliphatic carbocycles. The fraction of sp³-hybridized carbons (Fsp3) is 0.263. The average Bonchev–Trinajstić information content (AvgIpc) is 2.87. The van der Waals surface area contributed by atoms with Crippen molar-refractivity contribution in [2.75, 3.05) is 0 Å². The Bertz CT molecular complexity index is 950. The van der Waals surface area contributed by atoms with Crippen LogP contribution >= 0.6 is 23.2 Å². The number of benzene rings is 2. The Morgan fingerprint density at radius 1 is 1.24 bits per heavy atom. The van der Waals surface area contributed by atoms with E-state index in [4.69, 9.17) is 23.2 Å². The number of fused-ring (bicyclic) bond motifs is 1. The Kier molecular flexibility index (Phi) is 5.02. The van der Waals surface area contributed by atoms with Crippen LogP contribution in [-0.2, 0) is 17.8 Å². The topological polar surface area (TPSA) is 55.1 Å². The van der Waals surface area contributed by atoms with Crippen LogP contribution in [0.3, 0.4) is 0 Å². The van der Waals surface area contributed by atoms with Crippen molar-refractivity contribution in [1.82, 2.24) is 9.78 Å². The van der Waals surface area contributed by atoms with Crippen molar-refractivity contribution in [3.8, 4) is 0 Å². The molecule has 1 heterocycles. The summed E-state index contributed by atoms with van der Waals surface area (Å²) in [6.07, 6.45) is 0.385.